The fourth-order valence-corrected chi connectivity index (χ4v) is 4.66. The Labute approximate surface area is 228 Å². The van der Waals surface area contributed by atoms with Gasteiger partial charge in [0.1, 0.15) is 42.0 Å². The minimum Gasteiger partial charge on any atom is -0.494 e. The second-order valence-electron chi connectivity index (χ2n) is 9.94. The molecule has 1 amide bonds. The van der Waals surface area contributed by atoms with E-state index in [0.717, 1.165) is 30.1 Å². The normalized spacial score (nSPS) is 18.1. The van der Waals surface area contributed by atoms with Gasteiger partial charge in [-0.3, -0.25) is 9.69 Å². The van der Waals surface area contributed by atoms with Gasteiger partial charge in [0.15, 0.2) is 0 Å². The molecule has 0 radical (unpaired) electrons. The van der Waals surface area contributed by atoms with Crippen LogP contribution in [0.4, 0.5) is 4.39 Å². The lowest BCUT2D eigenvalue weighted by Gasteiger charge is -2.33. The molecule has 9 nitrogen and oxygen atoms in total. The first-order valence-corrected chi connectivity index (χ1v) is 13.1. The number of carbonyl (C=O) groups excluding carboxylic acids is 1. The number of benzene rings is 2. The molecule has 10 heteroatoms. The number of hydrogen-bond acceptors (Lipinski definition) is 7. The Morgan fingerprint density at radius 3 is 2.46 bits per heavy atom. The van der Waals surface area contributed by atoms with Gasteiger partial charge in [0, 0.05) is 52.2 Å². The quantitative estimate of drug-likeness (QED) is 0.354. The maximum atomic E-state index is 13.3. The molecule has 3 aromatic rings. The molecule has 1 aromatic heterocycles. The largest absolute Gasteiger partial charge is 0.494 e. The Morgan fingerprint density at radius 1 is 1.05 bits per heavy atom. The third-order valence-electron chi connectivity index (χ3n) is 6.70. The standard InChI is InChI=1S/C29H37FN4O5/c1-23-31-12-14-33(23)13-3-17-38-26-8-4-24(5-9-26)18-32-15-16-34(28(35)19-37-2)21-29(36,20-32)22-39-27-10-6-25(30)7-11-27/h4-12,14,36H,3,13,15-22H2,1-2H3. The first kappa shape index (κ1) is 28.5. The third-order valence-corrected chi connectivity index (χ3v) is 6.70. The highest BCUT2D eigenvalue weighted by Crippen LogP contribution is 2.21. The van der Waals surface area contributed by atoms with E-state index < -0.39 is 5.60 Å². The van der Waals surface area contributed by atoms with Crippen molar-refractivity contribution in [2.24, 2.45) is 0 Å². The van der Waals surface area contributed by atoms with Crippen molar-refractivity contribution in [1.29, 1.82) is 0 Å². The number of hydrogen-bond donors (Lipinski definition) is 1. The lowest BCUT2D eigenvalue weighted by atomic mass is 10.0. The summed E-state index contributed by atoms with van der Waals surface area (Å²) in [6.07, 6.45) is 4.65. The molecular weight excluding hydrogens is 503 g/mol. The topological polar surface area (TPSA) is 89.3 Å². The van der Waals surface area contributed by atoms with E-state index in [9.17, 15) is 14.3 Å². The molecular formula is C29H37FN4O5. The zero-order chi connectivity index (χ0) is 27.7. The Balaban J connectivity index is 1.34. The number of ether oxygens (including phenoxy) is 3. The van der Waals surface area contributed by atoms with Crippen molar-refractivity contribution in [1.82, 2.24) is 19.4 Å². The number of carbonyl (C=O) groups is 1. The van der Waals surface area contributed by atoms with Crippen LogP contribution >= 0.6 is 0 Å². The summed E-state index contributed by atoms with van der Waals surface area (Å²) >= 11 is 0. The van der Waals surface area contributed by atoms with Crippen molar-refractivity contribution in [2.75, 3.05) is 53.1 Å². The molecule has 1 unspecified atom stereocenters. The summed E-state index contributed by atoms with van der Waals surface area (Å²) < 4.78 is 32.1. The number of methoxy groups -OCH3 is 1. The molecule has 1 atom stereocenters. The van der Waals surface area contributed by atoms with E-state index in [0.29, 0.717) is 38.5 Å². The van der Waals surface area contributed by atoms with Crippen LogP contribution in [0.5, 0.6) is 11.5 Å². The summed E-state index contributed by atoms with van der Waals surface area (Å²) in [5.74, 6) is 1.69. The number of β-amino-alcohol motifs (C(OH)–C–C–N with tert-alkyl or cyclic N) is 1. The molecule has 1 saturated heterocycles. The Hall–Kier alpha value is -3.47. The average Bonchev–Trinajstić information content (AvgIpc) is 3.25. The molecule has 1 fully saturated rings. The lowest BCUT2D eigenvalue weighted by Crippen LogP contribution is -2.52. The van der Waals surface area contributed by atoms with Crippen molar-refractivity contribution in [2.45, 2.75) is 32.0 Å². The number of aliphatic hydroxyl groups is 1. The number of halogens is 1. The highest BCUT2D eigenvalue weighted by atomic mass is 19.1. The molecule has 0 bridgehead atoms. The predicted molar refractivity (Wildman–Crippen MR) is 144 cm³/mol. The highest BCUT2D eigenvalue weighted by Gasteiger charge is 2.37. The van der Waals surface area contributed by atoms with Gasteiger partial charge >= 0.3 is 0 Å². The van der Waals surface area contributed by atoms with E-state index in [1.165, 1.54) is 31.4 Å². The van der Waals surface area contributed by atoms with Crippen LogP contribution in [0.25, 0.3) is 0 Å². The van der Waals surface area contributed by atoms with Crippen molar-refractivity contribution >= 4 is 5.91 Å². The maximum Gasteiger partial charge on any atom is 0.248 e. The summed E-state index contributed by atoms with van der Waals surface area (Å²) in [6.45, 7) is 5.39. The number of imidazole rings is 1. The Bertz CT molecular complexity index is 1190. The summed E-state index contributed by atoms with van der Waals surface area (Å²) in [7, 11) is 1.47. The second kappa shape index (κ2) is 13.5. The number of aryl methyl sites for hydroxylation is 2. The van der Waals surface area contributed by atoms with Gasteiger partial charge in [0.05, 0.1) is 13.2 Å². The summed E-state index contributed by atoms with van der Waals surface area (Å²) in [4.78, 5) is 20.6. The van der Waals surface area contributed by atoms with Crippen LogP contribution in [-0.4, -0.2) is 89.1 Å². The van der Waals surface area contributed by atoms with E-state index in [4.69, 9.17) is 14.2 Å². The summed E-state index contributed by atoms with van der Waals surface area (Å²) in [5, 5.41) is 11.6. The van der Waals surface area contributed by atoms with Crippen LogP contribution in [-0.2, 0) is 22.6 Å². The first-order valence-electron chi connectivity index (χ1n) is 13.1. The smallest absolute Gasteiger partial charge is 0.248 e. The molecule has 2 heterocycles. The SMILES string of the molecule is COCC(=O)N1CCN(Cc2ccc(OCCCn3ccnc3C)cc2)CC(O)(COc2ccc(F)cc2)C1. The number of amides is 1. The van der Waals surface area contributed by atoms with Gasteiger partial charge in [-0.1, -0.05) is 12.1 Å². The monoisotopic (exact) mass is 540 g/mol. The molecule has 2 aromatic carbocycles. The third kappa shape index (κ3) is 8.51. The van der Waals surface area contributed by atoms with E-state index in [-0.39, 0.29) is 31.5 Å². The van der Waals surface area contributed by atoms with Crippen molar-refractivity contribution in [3.63, 3.8) is 0 Å². The molecule has 0 saturated carbocycles. The van der Waals surface area contributed by atoms with Crippen molar-refractivity contribution in [3.05, 3.63) is 78.1 Å². The van der Waals surface area contributed by atoms with Crippen LogP contribution in [0.15, 0.2) is 60.9 Å². The van der Waals surface area contributed by atoms with Crippen LogP contribution in [0.3, 0.4) is 0 Å². The van der Waals surface area contributed by atoms with Gasteiger partial charge in [-0.2, -0.15) is 0 Å². The fourth-order valence-electron chi connectivity index (χ4n) is 4.66. The fraction of sp³-hybridized carbons (Fsp3) is 0.448. The van der Waals surface area contributed by atoms with E-state index in [1.807, 2.05) is 37.4 Å². The molecule has 1 aliphatic heterocycles. The maximum absolute atomic E-state index is 13.3. The van der Waals surface area contributed by atoms with Gasteiger partial charge in [-0.25, -0.2) is 9.37 Å². The van der Waals surface area contributed by atoms with Crippen molar-refractivity contribution < 1.29 is 28.5 Å². The predicted octanol–water partition coefficient (Wildman–Crippen LogP) is 2.90. The summed E-state index contributed by atoms with van der Waals surface area (Å²) in [5.41, 5.74) is -0.264. The highest BCUT2D eigenvalue weighted by molar-refractivity contribution is 5.77. The van der Waals surface area contributed by atoms with Gasteiger partial charge in [-0.05, 0) is 55.3 Å². The molecule has 4 rings (SSSR count). The number of nitrogens with zero attached hydrogens (tertiary/aromatic N) is 4. The van der Waals surface area contributed by atoms with E-state index in [2.05, 4.69) is 14.5 Å². The zero-order valence-corrected chi connectivity index (χ0v) is 22.6. The van der Waals surface area contributed by atoms with Crippen LogP contribution < -0.4 is 9.47 Å². The minimum absolute atomic E-state index is 0.0444. The molecule has 0 aliphatic carbocycles. The van der Waals surface area contributed by atoms with Crippen molar-refractivity contribution in [3.8, 4) is 11.5 Å². The van der Waals surface area contributed by atoms with Crippen LogP contribution in [0.1, 0.15) is 17.8 Å². The first-order chi connectivity index (χ1) is 18.8. The molecule has 210 valence electrons. The molecule has 39 heavy (non-hydrogen) atoms. The van der Waals surface area contributed by atoms with E-state index in [1.54, 1.807) is 11.1 Å². The lowest BCUT2D eigenvalue weighted by molar-refractivity contribution is -0.138. The Kier molecular flexibility index (Phi) is 9.91. The zero-order valence-electron chi connectivity index (χ0n) is 22.6. The van der Waals surface area contributed by atoms with Crippen LogP contribution in [0, 0.1) is 12.7 Å². The van der Waals surface area contributed by atoms with Gasteiger partial charge in [0.2, 0.25) is 5.91 Å². The van der Waals surface area contributed by atoms with Gasteiger partial charge in [0.25, 0.3) is 0 Å². The van der Waals surface area contributed by atoms with Crippen LogP contribution in [0.2, 0.25) is 0 Å². The molecule has 1 aliphatic rings. The second-order valence-corrected chi connectivity index (χ2v) is 9.94. The summed E-state index contributed by atoms with van der Waals surface area (Å²) in [6, 6.07) is 13.6. The molecule has 1 N–H and O–H groups in total. The molecule has 0 spiro atoms. The van der Waals surface area contributed by atoms with E-state index >= 15 is 0 Å². The number of rotatable bonds is 12. The number of aromatic nitrogens is 2. The van der Waals surface area contributed by atoms with Gasteiger partial charge in [-0.15, -0.1) is 0 Å². The van der Waals surface area contributed by atoms with Gasteiger partial charge < -0.3 is 28.8 Å². The minimum atomic E-state index is -1.33. The average molecular weight is 541 g/mol. The Morgan fingerprint density at radius 2 is 1.77 bits per heavy atom.